The average Bonchev–Trinajstić information content (AvgIpc) is 2.76. The summed E-state index contributed by atoms with van der Waals surface area (Å²) in [7, 11) is 1.84. The summed E-state index contributed by atoms with van der Waals surface area (Å²) >= 11 is 0. The minimum atomic E-state index is 0.125. The van der Waals surface area contributed by atoms with Gasteiger partial charge in [0.1, 0.15) is 6.33 Å². The van der Waals surface area contributed by atoms with E-state index in [0.29, 0.717) is 13.0 Å². The van der Waals surface area contributed by atoms with E-state index in [4.69, 9.17) is 0 Å². The first-order valence-electron chi connectivity index (χ1n) is 6.08. The topological polar surface area (TPSA) is 71.8 Å². The van der Waals surface area contributed by atoms with Crippen LogP contribution < -0.4 is 10.6 Å². The van der Waals surface area contributed by atoms with E-state index in [1.165, 1.54) is 0 Å². The van der Waals surface area contributed by atoms with Gasteiger partial charge in [0.25, 0.3) is 0 Å². The number of amides is 1. The van der Waals surface area contributed by atoms with E-state index in [1.54, 1.807) is 11.0 Å². The van der Waals surface area contributed by atoms with E-state index in [1.807, 2.05) is 7.05 Å². The van der Waals surface area contributed by atoms with E-state index in [9.17, 15) is 4.79 Å². The van der Waals surface area contributed by atoms with Gasteiger partial charge in [-0.1, -0.05) is 0 Å². The first kappa shape index (κ1) is 12.0. The van der Waals surface area contributed by atoms with Crippen molar-refractivity contribution in [3.05, 3.63) is 12.2 Å². The van der Waals surface area contributed by atoms with E-state index >= 15 is 0 Å². The molecule has 0 radical (unpaired) electrons. The molecule has 1 atom stereocenters. The maximum atomic E-state index is 11.8. The third-order valence-corrected chi connectivity index (χ3v) is 2.96. The summed E-state index contributed by atoms with van der Waals surface area (Å²) < 4.78 is 1.67. The second-order valence-electron chi connectivity index (χ2n) is 4.42. The Morgan fingerprint density at radius 1 is 1.71 bits per heavy atom. The van der Waals surface area contributed by atoms with Crippen LogP contribution in [-0.2, 0) is 18.3 Å². The van der Waals surface area contributed by atoms with E-state index < -0.39 is 0 Å². The highest BCUT2D eigenvalue weighted by Crippen LogP contribution is 2.09. The number of aromatic nitrogens is 3. The highest BCUT2D eigenvalue weighted by Gasteiger charge is 2.20. The molecule has 0 spiro atoms. The van der Waals surface area contributed by atoms with E-state index in [2.05, 4.69) is 20.7 Å². The Labute approximate surface area is 101 Å². The summed E-state index contributed by atoms with van der Waals surface area (Å²) in [5.74, 6) is 1.04. The Balaban J connectivity index is 1.69. The summed E-state index contributed by atoms with van der Waals surface area (Å²) in [5, 5.41) is 10.3. The van der Waals surface area contributed by atoms with Crippen molar-refractivity contribution in [1.29, 1.82) is 0 Å². The second-order valence-corrected chi connectivity index (χ2v) is 4.42. The van der Waals surface area contributed by atoms with Crippen LogP contribution in [0.4, 0.5) is 0 Å². The van der Waals surface area contributed by atoms with Gasteiger partial charge in [-0.3, -0.25) is 9.48 Å². The highest BCUT2D eigenvalue weighted by molar-refractivity contribution is 5.78. The SMILES string of the molecule is Cn1cnc(CCNC(=O)C2CCCNC2)n1. The maximum Gasteiger partial charge on any atom is 0.224 e. The molecular formula is C11H19N5O. The maximum absolute atomic E-state index is 11.8. The van der Waals surface area contributed by atoms with Crippen LogP contribution in [0.1, 0.15) is 18.7 Å². The average molecular weight is 237 g/mol. The summed E-state index contributed by atoms with van der Waals surface area (Å²) in [6.45, 7) is 2.44. The Hall–Kier alpha value is -1.43. The predicted octanol–water partition coefficient (Wildman–Crippen LogP) is -0.527. The number of hydrogen-bond donors (Lipinski definition) is 2. The molecule has 1 amide bonds. The molecule has 2 N–H and O–H groups in total. The Bertz CT molecular complexity index is 370. The number of aryl methyl sites for hydroxylation is 1. The third kappa shape index (κ3) is 3.52. The Morgan fingerprint density at radius 3 is 3.24 bits per heavy atom. The normalized spacial score (nSPS) is 20.2. The largest absolute Gasteiger partial charge is 0.355 e. The van der Waals surface area contributed by atoms with Gasteiger partial charge in [0.2, 0.25) is 5.91 Å². The quantitative estimate of drug-likeness (QED) is 0.738. The van der Waals surface area contributed by atoms with Crippen molar-refractivity contribution in [3.63, 3.8) is 0 Å². The molecule has 6 nitrogen and oxygen atoms in total. The number of carbonyl (C=O) groups excluding carboxylic acids is 1. The fourth-order valence-corrected chi connectivity index (χ4v) is 2.02. The van der Waals surface area contributed by atoms with Crippen LogP contribution in [-0.4, -0.2) is 40.3 Å². The van der Waals surface area contributed by atoms with Crippen molar-refractivity contribution >= 4 is 5.91 Å². The minimum Gasteiger partial charge on any atom is -0.355 e. The van der Waals surface area contributed by atoms with Crippen molar-refractivity contribution in [2.75, 3.05) is 19.6 Å². The monoisotopic (exact) mass is 237 g/mol. The molecular weight excluding hydrogens is 218 g/mol. The number of nitrogens with one attached hydrogen (secondary N) is 2. The molecule has 2 rings (SSSR count). The van der Waals surface area contributed by atoms with Crippen LogP contribution >= 0.6 is 0 Å². The minimum absolute atomic E-state index is 0.125. The summed E-state index contributed by atoms with van der Waals surface area (Å²) in [6.07, 6.45) is 4.43. The van der Waals surface area contributed by atoms with Crippen molar-refractivity contribution < 1.29 is 4.79 Å². The van der Waals surface area contributed by atoms with Gasteiger partial charge in [0.05, 0.1) is 5.92 Å². The molecule has 1 saturated heterocycles. The van der Waals surface area contributed by atoms with Crippen LogP contribution in [0.5, 0.6) is 0 Å². The molecule has 1 unspecified atom stereocenters. The van der Waals surface area contributed by atoms with Crippen LogP contribution in [0, 0.1) is 5.92 Å². The van der Waals surface area contributed by atoms with Gasteiger partial charge in [0.15, 0.2) is 5.82 Å². The summed E-state index contributed by atoms with van der Waals surface area (Å²) in [6, 6.07) is 0. The Kier molecular flexibility index (Phi) is 4.08. The number of rotatable bonds is 4. The lowest BCUT2D eigenvalue weighted by Gasteiger charge is -2.21. The number of hydrogen-bond acceptors (Lipinski definition) is 4. The standard InChI is InChI=1S/C11H19N5O/c1-16-8-14-10(15-16)4-6-13-11(17)9-3-2-5-12-7-9/h8-9,12H,2-7H2,1H3,(H,13,17). The third-order valence-electron chi connectivity index (χ3n) is 2.96. The number of carbonyl (C=O) groups is 1. The zero-order chi connectivity index (χ0) is 12.1. The van der Waals surface area contributed by atoms with Crippen molar-refractivity contribution in [2.24, 2.45) is 13.0 Å². The predicted molar refractivity (Wildman–Crippen MR) is 63.3 cm³/mol. The van der Waals surface area contributed by atoms with Gasteiger partial charge in [-0.25, -0.2) is 4.98 Å². The molecule has 0 bridgehead atoms. The van der Waals surface area contributed by atoms with Crippen LogP contribution in [0.15, 0.2) is 6.33 Å². The molecule has 1 aliphatic heterocycles. The molecule has 0 aromatic carbocycles. The molecule has 17 heavy (non-hydrogen) atoms. The molecule has 0 aliphatic carbocycles. The molecule has 1 aliphatic rings. The highest BCUT2D eigenvalue weighted by atomic mass is 16.1. The first-order valence-corrected chi connectivity index (χ1v) is 6.08. The lowest BCUT2D eigenvalue weighted by molar-refractivity contribution is -0.125. The van der Waals surface area contributed by atoms with Gasteiger partial charge in [-0.2, -0.15) is 5.10 Å². The lowest BCUT2D eigenvalue weighted by atomic mass is 9.99. The molecule has 2 heterocycles. The molecule has 0 saturated carbocycles. The summed E-state index contributed by atoms with van der Waals surface area (Å²) in [4.78, 5) is 15.9. The molecule has 1 aromatic heterocycles. The second kappa shape index (κ2) is 5.77. The van der Waals surface area contributed by atoms with Crippen molar-refractivity contribution in [2.45, 2.75) is 19.3 Å². The number of nitrogens with zero attached hydrogens (tertiary/aromatic N) is 3. The van der Waals surface area contributed by atoms with Crippen LogP contribution in [0.2, 0.25) is 0 Å². The zero-order valence-corrected chi connectivity index (χ0v) is 10.1. The number of piperidine rings is 1. The summed E-state index contributed by atoms with van der Waals surface area (Å²) in [5.41, 5.74) is 0. The molecule has 1 fully saturated rings. The van der Waals surface area contributed by atoms with Crippen molar-refractivity contribution in [1.82, 2.24) is 25.4 Å². The molecule has 6 heteroatoms. The van der Waals surface area contributed by atoms with Crippen LogP contribution in [0.25, 0.3) is 0 Å². The van der Waals surface area contributed by atoms with Gasteiger partial charge >= 0.3 is 0 Å². The van der Waals surface area contributed by atoms with Gasteiger partial charge in [-0.05, 0) is 19.4 Å². The fourth-order valence-electron chi connectivity index (χ4n) is 2.02. The van der Waals surface area contributed by atoms with Crippen molar-refractivity contribution in [3.8, 4) is 0 Å². The Morgan fingerprint density at radius 2 is 2.59 bits per heavy atom. The molecule has 1 aromatic rings. The smallest absolute Gasteiger partial charge is 0.224 e. The zero-order valence-electron chi connectivity index (χ0n) is 10.1. The van der Waals surface area contributed by atoms with Gasteiger partial charge < -0.3 is 10.6 Å². The van der Waals surface area contributed by atoms with E-state index in [0.717, 1.165) is 31.8 Å². The van der Waals surface area contributed by atoms with Crippen LogP contribution in [0.3, 0.4) is 0 Å². The fraction of sp³-hybridized carbons (Fsp3) is 0.727. The van der Waals surface area contributed by atoms with Gasteiger partial charge in [0, 0.05) is 26.6 Å². The first-order chi connectivity index (χ1) is 8.25. The molecule has 94 valence electrons. The van der Waals surface area contributed by atoms with E-state index in [-0.39, 0.29) is 11.8 Å². The van der Waals surface area contributed by atoms with Gasteiger partial charge in [-0.15, -0.1) is 0 Å². The lowest BCUT2D eigenvalue weighted by Crippen LogP contribution is -2.41.